The highest BCUT2D eigenvalue weighted by molar-refractivity contribution is 5.04. The maximum absolute atomic E-state index is 5.03. The summed E-state index contributed by atoms with van der Waals surface area (Å²) in [5.74, 6) is 0.832. The fourth-order valence-corrected chi connectivity index (χ4v) is 1.14. The molecule has 0 aliphatic rings. The van der Waals surface area contributed by atoms with Gasteiger partial charge in [-0.15, -0.1) is 0 Å². The molecular formula is C9H11N3O2. The van der Waals surface area contributed by atoms with Crippen molar-refractivity contribution in [1.29, 1.82) is 0 Å². The third-order valence-corrected chi connectivity index (χ3v) is 1.79. The second kappa shape index (κ2) is 4.06. The van der Waals surface area contributed by atoms with E-state index >= 15 is 0 Å². The molecule has 2 aromatic rings. The fourth-order valence-electron chi connectivity index (χ4n) is 1.14. The number of nitrogens with one attached hydrogen (secondary N) is 1. The summed E-state index contributed by atoms with van der Waals surface area (Å²) in [7, 11) is 0. The van der Waals surface area contributed by atoms with Crippen molar-refractivity contribution in [2.75, 3.05) is 0 Å². The second-order valence-corrected chi connectivity index (χ2v) is 3.07. The molecule has 0 bridgehead atoms. The lowest BCUT2D eigenvalue weighted by Crippen LogP contribution is -2.11. The van der Waals surface area contributed by atoms with Crippen LogP contribution in [0.3, 0.4) is 0 Å². The van der Waals surface area contributed by atoms with Crippen LogP contribution < -0.4 is 5.32 Å². The van der Waals surface area contributed by atoms with E-state index in [1.165, 1.54) is 0 Å². The SMILES string of the molecule is Cc1cc(CNCc2cnoc2)on1. The molecule has 0 aromatic carbocycles. The zero-order valence-corrected chi connectivity index (χ0v) is 7.86. The predicted molar refractivity (Wildman–Crippen MR) is 48.3 cm³/mol. The standard InChI is InChI=1S/C9H11N3O2/c1-7-2-9(14-12-7)5-10-3-8-4-11-13-6-8/h2,4,6,10H,3,5H2,1H3. The molecule has 1 N–H and O–H groups in total. The van der Waals surface area contributed by atoms with Crippen molar-refractivity contribution in [3.05, 3.63) is 35.5 Å². The van der Waals surface area contributed by atoms with E-state index < -0.39 is 0 Å². The van der Waals surface area contributed by atoms with Crippen LogP contribution in [0.1, 0.15) is 17.0 Å². The fraction of sp³-hybridized carbons (Fsp3) is 0.333. The lowest BCUT2D eigenvalue weighted by molar-refractivity contribution is 0.369. The van der Waals surface area contributed by atoms with Gasteiger partial charge in [0.2, 0.25) is 0 Å². The summed E-state index contributed by atoms with van der Waals surface area (Å²) in [4.78, 5) is 0. The summed E-state index contributed by atoms with van der Waals surface area (Å²) >= 11 is 0. The first-order chi connectivity index (χ1) is 6.84. The van der Waals surface area contributed by atoms with Gasteiger partial charge in [-0.05, 0) is 6.92 Å². The highest BCUT2D eigenvalue weighted by Gasteiger charge is 2.00. The zero-order chi connectivity index (χ0) is 9.80. The van der Waals surface area contributed by atoms with Crippen LogP contribution in [-0.4, -0.2) is 10.3 Å². The minimum Gasteiger partial charge on any atom is -0.364 e. The van der Waals surface area contributed by atoms with Crippen molar-refractivity contribution in [2.45, 2.75) is 20.0 Å². The molecule has 5 heteroatoms. The van der Waals surface area contributed by atoms with Crippen molar-refractivity contribution >= 4 is 0 Å². The van der Waals surface area contributed by atoms with Gasteiger partial charge in [0, 0.05) is 18.2 Å². The summed E-state index contributed by atoms with van der Waals surface area (Å²) in [5.41, 5.74) is 1.91. The Morgan fingerprint density at radius 1 is 1.43 bits per heavy atom. The van der Waals surface area contributed by atoms with E-state index in [0.29, 0.717) is 13.1 Å². The maximum atomic E-state index is 5.03. The van der Waals surface area contributed by atoms with Crippen LogP contribution in [-0.2, 0) is 13.1 Å². The molecule has 2 aromatic heterocycles. The first-order valence-electron chi connectivity index (χ1n) is 4.36. The van der Waals surface area contributed by atoms with Crippen LogP contribution in [0.5, 0.6) is 0 Å². The monoisotopic (exact) mass is 193 g/mol. The molecule has 0 atom stereocenters. The second-order valence-electron chi connectivity index (χ2n) is 3.07. The van der Waals surface area contributed by atoms with E-state index in [-0.39, 0.29) is 0 Å². The number of aromatic nitrogens is 2. The molecule has 14 heavy (non-hydrogen) atoms. The van der Waals surface area contributed by atoms with Gasteiger partial charge in [-0.1, -0.05) is 10.3 Å². The van der Waals surface area contributed by atoms with E-state index in [4.69, 9.17) is 9.05 Å². The van der Waals surface area contributed by atoms with E-state index in [9.17, 15) is 0 Å². The Labute approximate surface area is 81.1 Å². The van der Waals surface area contributed by atoms with E-state index in [1.807, 2.05) is 13.0 Å². The quantitative estimate of drug-likeness (QED) is 0.791. The molecule has 0 saturated carbocycles. The number of hydrogen-bond acceptors (Lipinski definition) is 5. The molecule has 2 heterocycles. The minimum atomic E-state index is 0.659. The van der Waals surface area contributed by atoms with Crippen molar-refractivity contribution < 1.29 is 9.05 Å². The minimum absolute atomic E-state index is 0.659. The van der Waals surface area contributed by atoms with E-state index in [0.717, 1.165) is 17.0 Å². The third-order valence-electron chi connectivity index (χ3n) is 1.79. The van der Waals surface area contributed by atoms with Crippen LogP contribution >= 0.6 is 0 Å². The molecule has 0 saturated heterocycles. The zero-order valence-electron chi connectivity index (χ0n) is 7.86. The molecular weight excluding hydrogens is 182 g/mol. The van der Waals surface area contributed by atoms with Crippen LogP contribution in [0.2, 0.25) is 0 Å². The lowest BCUT2D eigenvalue weighted by Gasteiger charge is -1.97. The molecule has 5 nitrogen and oxygen atoms in total. The first-order valence-corrected chi connectivity index (χ1v) is 4.36. The van der Waals surface area contributed by atoms with Gasteiger partial charge in [-0.2, -0.15) is 0 Å². The molecule has 0 fully saturated rings. The van der Waals surface area contributed by atoms with Gasteiger partial charge in [0.15, 0.2) is 5.76 Å². The molecule has 0 unspecified atom stereocenters. The van der Waals surface area contributed by atoms with Gasteiger partial charge in [-0.25, -0.2) is 0 Å². The highest BCUT2D eigenvalue weighted by Crippen LogP contribution is 2.02. The van der Waals surface area contributed by atoms with Crippen molar-refractivity contribution in [1.82, 2.24) is 15.6 Å². The number of rotatable bonds is 4. The predicted octanol–water partition coefficient (Wildman–Crippen LogP) is 1.26. The Kier molecular flexibility index (Phi) is 2.60. The Bertz CT molecular complexity index is 380. The van der Waals surface area contributed by atoms with Gasteiger partial charge in [0.25, 0.3) is 0 Å². The van der Waals surface area contributed by atoms with Crippen molar-refractivity contribution in [3.8, 4) is 0 Å². The third kappa shape index (κ3) is 2.20. The Hall–Kier alpha value is -1.62. The van der Waals surface area contributed by atoms with Crippen molar-refractivity contribution in [2.24, 2.45) is 0 Å². The lowest BCUT2D eigenvalue weighted by atomic mass is 10.3. The van der Waals surface area contributed by atoms with Gasteiger partial charge in [0.05, 0.1) is 18.4 Å². The summed E-state index contributed by atoms with van der Waals surface area (Å²) in [6.07, 6.45) is 3.29. The number of hydrogen-bond donors (Lipinski definition) is 1. The summed E-state index contributed by atoms with van der Waals surface area (Å²) in [5, 5.41) is 10.6. The average molecular weight is 193 g/mol. The van der Waals surface area contributed by atoms with Gasteiger partial charge >= 0.3 is 0 Å². The molecule has 2 rings (SSSR count). The van der Waals surface area contributed by atoms with Crippen LogP contribution in [0.15, 0.2) is 27.6 Å². The van der Waals surface area contributed by atoms with Crippen LogP contribution in [0.25, 0.3) is 0 Å². The normalized spacial score (nSPS) is 10.6. The summed E-state index contributed by atoms with van der Waals surface area (Å²) in [6, 6.07) is 1.90. The Morgan fingerprint density at radius 2 is 2.36 bits per heavy atom. The highest BCUT2D eigenvalue weighted by atomic mass is 16.5. The van der Waals surface area contributed by atoms with Crippen LogP contribution in [0.4, 0.5) is 0 Å². The van der Waals surface area contributed by atoms with Gasteiger partial charge in [0.1, 0.15) is 6.26 Å². The molecule has 0 aliphatic carbocycles. The number of nitrogens with zero attached hydrogens (tertiary/aromatic N) is 2. The molecule has 74 valence electrons. The average Bonchev–Trinajstić information content (AvgIpc) is 2.77. The summed E-state index contributed by atoms with van der Waals surface area (Å²) in [6.45, 7) is 3.27. The number of aryl methyl sites for hydroxylation is 1. The first kappa shape index (κ1) is 8.96. The Morgan fingerprint density at radius 3 is 3.00 bits per heavy atom. The molecule has 0 amide bonds. The van der Waals surface area contributed by atoms with E-state index in [2.05, 4.69) is 15.6 Å². The largest absolute Gasteiger partial charge is 0.364 e. The van der Waals surface area contributed by atoms with Gasteiger partial charge < -0.3 is 14.4 Å². The summed E-state index contributed by atoms with van der Waals surface area (Å²) < 4.78 is 9.73. The smallest absolute Gasteiger partial charge is 0.150 e. The van der Waals surface area contributed by atoms with Crippen molar-refractivity contribution in [3.63, 3.8) is 0 Å². The molecule has 0 radical (unpaired) electrons. The molecule has 0 spiro atoms. The molecule has 0 aliphatic heterocycles. The maximum Gasteiger partial charge on any atom is 0.150 e. The van der Waals surface area contributed by atoms with Gasteiger partial charge in [-0.3, -0.25) is 0 Å². The van der Waals surface area contributed by atoms with E-state index in [1.54, 1.807) is 12.5 Å². The van der Waals surface area contributed by atoms with Crippen LogP contribution in [0, 0.1) is 6.92 Å². The Balaban J connectivity index is 1.78. The topological polar surface area (TPSA) is 64.1 Å².